The highest BCUT2D eigenvalue weighted by Crippen LogP contribution is 2.29. The monoisotopic (exact) mass is 282 g/mol. The Kier molecular flexibility index (Phi) is 4.38. The second-order valence-electron chi connectivity index (χ2n) is 4.54. The van der Waals surface area contributed by atoms with Crippen molar-refractivity contribution in [2.45, 2.75) is 13.8 Å². The van der Waals surface area contributed by atoms with Crippen molar-refractivity contribution in [3.05, 3.63) is 48.3 Å². The summed E-state index contributed by atoms with van der Waals surface area (Å²) in [5.74, 6) is 1.47. The number of allylic oxidation sites excluding steroid dienone is 1. The van der Waals surface area contributed by atoms with Crippen LogP contribution in [0.25, 0.3) is 17.0 Å². The van der Waals surface area contributed by atoms with E-state index >= 15 is 0 Å². The summed E-state index contributed by atoms with van der Waals surface area (Å²) in [6, 6.07) is 5.96. The molecule has 0 fully saturated rings. The van der Waals surface area contributed by atoms with Gasteiger partial charge in [0.15, 0.2) is 0 Å². The molecule has 108 valence electrons. The molecule has 21 heavy (non-hydrogen) atoms. The molecule has 0 bridgehead atoms. The van der Waals surface area contributed by atoms with Gasteiger partial charge in [-0.25, -0.2) is 0 Å². The third-order valence-corrected chi connectivity index (χ3v) is 3.38. The van der Waals surface area contributed by atoms with Crippen molar-refractivity contribution in [1.29, 1.82) is 0 Å². The maximum Gasteiger partial charge on any atom is 0.401 e. The highest BCUT2D eigenvalue weighted by atomic mass is 16.5. The molecule has 4 heteroatoms. The summed E-state index contributed by atoms with van der Waals surface area (Å²) < 4.78 is 7.31. The van der Waals surface area contributed by atoms with Crippen LogP contribution in [0.4, 0.5) is 0 Å². The molecular formula is C17H20N3O+. The van der Waals surface area contributed by atoms with Crippen LogP contribution in [0.5, 0.6) is 5.75 Å². The van der Waals surface area contributed by atoms with Crippen LogP contribution in [-0.4, -0.2) is 24.4 Å². The number of methoxy groups -OCH3 is 1. The van der Waals surface area contributed by atoms with Gasteiger partial charge in [0.25, 0.3) is 0 Å². The number of aromatic nitrogens is 1. The van der Waals surface area contributed by atoms with Crippen molar-refractivity contribution in [2.75, 3.05) is 7.11 Å². The minimum Gasteiger partial charge on any atom is -0.497 e. The molecule has 1 N–H and O–H groups in total. The second-order valence-corrected chi connectivity index (χ2v) is 4.54. The van der Waals surface area contributed by atoms with Crippen LogP contribution in [-0.2, 0) is 0 Å². The maximum absolute atomic E-state index is 5.31. The number of rotatable bonds is 3. The van der Waals surface area contributed by atoms with Gasteiger partial charge in [-0.2, -0.15) is 4.57 Å². The molecule has 0 radical (unpaired) electrons. The Labute approximate surface area is 124 Å². The minimum atomic E-state index is 0.645. The predicted molar refractivity (Wildman–Crippen MR) is 89.0 cm³/mol. The molecule has 1 heterocycles. The molecule has 0 unspecified atom stereocenters. The molecule has 0 saturated carbocycles. The molecule has 0 amide bonds. The smallest absolute Gasteiger partial charge is 0.401 e. The molecule has 2 aromatic rings. The number of benzene rings is 1. The molecule has 0 aliphatic rings. The fraction of sp³-hybridized carbons (Fsp3) is 0.176. The van der Waals surface area contributed by atoms with Crippen LogP contribution in [0, 0.1) is 6.92 Å². The zero-order valence-electron chi connectivity index (χ0n) is 12.7. The van der Waals surface area contributed by atoms with Crippen molar-refractivity contribution >= 4 is 29.7 Å². The van der Waals surface area contributed by atoms with E-state index in [1.807, 2.05) is 41.8 Å². The average Bonchev–Trinajstić information content (AvgIpc) is 2.80. The van der Waals surface area contributed by atoms with Gasteiger partial charge in [0, 0.05) is 12.1 Å². The van der Waals surface area contributed by atoms with E-state index in [9.17, 15) is 0 Å². The number of aryl methyl sites for hydroxylation is 1. The summed E-state index contributed by atoms with van der Waals surface area (Å²) in [6.45, 7) is 11.6. The summed E-state index contributed by atoms with van der Waals surface area (Å²) in [5, 5.41) is 1.10. The summed E-state index contributed by atoms with van der Waals surface area (Å²) in [5.41, 5.74) is 3.14. The highest BCUT2D eigenvalue weighted by Gasteiger charge is 2.21. The van der Waals surface area contributed by atoms with Crippen LogP contribution < -0.4 is 9.73 Å². The highest BCUT2D eigenvalue weighted by molar-refractivity contribution is 5.97. The van der Waals surface area contributed by atoms with Gasteiger partial charge in [0.1, 0.15) is 23.2 Å². The van der Waals surface area contributed by atoms with E-state index in [0.29, 0.717) is 5.96 Å². The van der Waals surface area contributed by atoms with E-state index < -0.39 is 0 Å². The summed E-state index contributed by atoms with van der Waals surface area (Å²) in [6.07, 6.45) is 5.42. The number of nitrogens with one attached hydrogen (secondary N) is 1. The van der Waals surface area contributed by atoms with Crippen LogP contribution >= 0.6 is 0 Å². The van der Waals surface area contributed by atoms with E-state index in [0.717, 1.165) is 27.9 Å². The van der Waals surface area contributed by atoms with Crippen molar-refractivity contribution in [3.8, 4) is 5.75 Å². The Morgan fingerprint density at radius 3 is 2.76 bits per heavy atom. The maximum atomic E-state index is 5.31. The van der Waals surface area contributed by atoms with Gasteiger partial charge in [0.05, 0.1) is 7.11 Å². The standard InChI is InChI=1S/C17H19N3O/c1-6-10-19-17(18-4)20-15(7-2)12(3)14-11-13(21-5)8-9-16(14)20/h6-11H,2,4H2,1,3,5H3/p+1/b10-6-,19-17?. The first kappa shape index (κ1) is 14.8. The minimum absolute atomic E-state index is 0.645. The third-order valence-electron chi connectivity index (χ3n) is 3.38. The van der Waals surface area contributed by atoms with Gasteiger partial charge in [-0.15, -0.1) is 0 Å². The van der Waals surface area contributed by atoms with E-state index in [2.05, 4.69) is 30.2 Å². The average molecular weight is 282 g/mol. The topological polar surface area (TPSA) is 40.5 Å². The lowest BCUT2D eigenvalue weighted by atomic mass is 10.1. The number of hydrogen-bond acceptors (Lipinski definition) is 2. The number of hydrogen-bond donors (Lipinski definition) is 1. The number of ether oxygens (including phenoxy) is 1. The Bertz CT molecular complexity index is 751. The molecule has 2 rings (SSSR count). The van der Waals surface area contributed by atoms with E-state index in [1.165, 1.54) is 0 Å². The van der Waals surface area contributed by atoms with Crippen LogP contribution in [0.3, 0.4) is 0 Å². The first-order valence-electron chi connectivity index (χ1n) is 6.71. The molecule has 0 spiro atoms. The SMILES string of the molecule is C=Cc1c(C)c2cc(OC)ccc2n1C(=N/C=C\C)[NH+]=C. The molecule has 1 aromatic carbocycles. The molecule has 1 aromatic heterocycles. The predicted octanol–water partition coefficient (Wildman–Crippen LogP) is 2.12. The Hall–Kier alpha value is -2.62. The first-order valence-corrected chi connectivity index (χ1v) is 6.71. The van der Waals surface area contributed by atoms with Crippen LogP contribution in [0.1, 0.15) is 18.2 Å². The van der Waals surface area contributed by atoms with Crippen molar-refractivity contribution in [1.82, 2.24) is 4.57 Å². The number of fused-ring (bicyclic) bond motifs is 1. The zero-order chi connectivity index (χ0) is 15.4. The fourth-order valence-corrected chi connectivity index (χ4v) is 2.37. The van der Waals surface area contributed by atoms with Gasteiger partial charge in [-0.3, -0.25) is 4.99 Å². The van der Waals surface area contributed by atoms with Crippen molar-refractivity contribution < 1.29 is 9.73 Å². The van der Waals surface area contributed by atoms with Crippen molar-refractivity contribution in [2.24, 2.45) is 4.99 Å². The molecule has 0 aliphatic heterocycles. The molecule has 0 saturated heterocycles. The van der Waals surface area contributed by atoms with E-state index in [-0.39, 0.29) is 0 Å². The zero-order valence-corrected chi connectivity index (χ0v) is 12.7. The Balaban J connectivity index is 2.84. The summed E-state index contributed by atoms with van der Waals surface area (Å²) in [4.78, 5) is 7.29. The third kappa shape index (κ3) is 2.52. The summed E-state index contributed by atoms with van der Waals surface area (Å²) >= 11 is 0. The lowest BCUT2D eigenvalue weighted by Gasteiger charge is -2.01. The second kappa shape index (κ2) is 6.22. The van der Waals surface area contributed by atoms with E-state index in [4.69, 9.17) is 4.74 Å². The Morgan fingerprint density at radius 1 is 1.43 bits per heavy atom. The molecule has 0 atom stereocenters. The molecule has 0 aliphatic carbocycles. The van der Waals surface area contributed by atoms with Gasteiger partial charge in [-0.1, -0.05) is 17.6 Å². The number of nitrogens with zero attached hydrogens (tertiary/aromatic N) is 2. The lowest BCUT2D eigenvalue weighted by Crippen LogP contribution is -2.73. The van der Waals surface area contributed by atoms with Crippen LogP contribution in [0.15, 0.2) is 42.0 Å². The van der Waals surface area contributed by atoms with Gasteiger partial charge < -0.3 is 4.74 Å². The summed E-state index contributed by atoms with van der Waals surface area (Å²) in [7, 11) is 1.67. The number of aliphatic imine (C=N–C) groups is 1. The van der Waals surface area contributed by atoms with Crippen molar-refractivity contribution in [3.63, 3.8) is 0 Å². The quantitative estimate of drug-likeness (QED) is 0.680. The first-order chi connectivity index (χ1) is 10.2. The molecular weight excluding hydrogens is 262 g/mol. The lowest BCUT2D eigenvalue weighted by molar-refractivity contribution is -0.309. The Morgan fingerprint density at radius 2 is 2.19 bits per heavy atom. The van der Waals surface area contributed by atoms with Gasteiger partial charge in [-0.05, 0) is 43.7 Å². The largest absolute Gasteiger partial charge is 0.497 e. The fourth-order valence-electron chi connectivity index (χ4n) is 2.37. The van der Waals surface area contributed by atoms with Crippen LogP contribution in [0.2, 0.25) is 0 Å². The molecule has 4 nitrogen and oxygen atoms in total. The normalized spacial score (nSPS) is 12.0. The van der Waals surface area contributed by atoms with Gasteiger partial charge in [0.2, 0.25) is 0 Å². The van der Waals surface area contributed by atoms with E-state index in [1.54, 1.807) is 13.3 Å². The van der Waals surface area contributed by atoms with Gasteiger partial charge >= 0.3 is 5.96 Å².